The zero-order valence-corrected chi connectivity index (χ0v) is 12.6. The topological polar surface area (TPSA) is 15.3 Å². The maximum absolute atomic E-state index is 4.14. The van der Waals surface area contributed by atoms with Gasteiger partial charge in [-0.15, -0.1) is 0 Å². The van der Waals surface area contributed by atoms with Crippen molar-refractivity contribution in [1.29, 1.82) is 0 Å². The third-order valence-corrected chi connectivity index (χ3v) is 4.55. The summed E-state index contributed by atoms with van der Waals surface area (Å²) in [6.07, 6.45) is 3.33. The molecule has 0 bridgehead atoms. The lowest BCUT2D eigenvalue weighted by Gasteiger charge is -2.28. The average molecular weight is 266 g/mol. The number of fused-ring (bicyclic) bond motifs is 1. The number of likely N-dealkylation sites (N-methyl/N-ethyl adjacent to an activating group) is 1. The van der Waals surface area contributed by atoms with Crippen molar-refractivity contribution < 1.29 is 0 Å². The fraction of sp³-hybridized carbons (Fsp3) is 0.333. The minimum atomic E-state index is 0.999. The van der Waals surface area contributed by atoms with Gasteiger partial charge in [0.1, 0.15) is 0 Å². The molecule has 0 amide bonds. The largest absolute Gasteiger partial charge is 0.351 e. The van der Waals surface area contributed by atoms with Crippen LogP contribution in [0.15, 0.2) is 47.8 Å². The Morgan fingerprint density at radius 2 is 1.95 bits per heavy atom. The third-order valence-electron chi connectivity index (χ3n) is 4.55. The minimum absolute atomic E-state index is 0.999. The molecular formula is C18H22N2. The summed E-state index contributed by atoms with van der Waals surface area (Å²) in [6.45, 7) is 10.6. The zero-order chi connectivity index (χ0) is 14.3. The minimum Gasteiger partial charge on any atom is -0.351 e. The van der Waals surface area contributed by atoms with Gasteiger partial charge in [-0.2, -0.15) is 0 Å². The van der Waals surface area contributed by atoms with Crippen molar-refractivity contribution in [2.45, 2.75) is 26.8 Å². The first-order valence-corrected chi connectivity index (χ1v) is 7.22. The molecule has 0 aromatic heterocycles. The van der Waals surface area contributed by atoms with Crippen molar-refractivity contribution >= 4 is 5.57 Å². The molecule has 20 heavy (non-hydrogen) atoms. The molecule has 0 unspecified atom stereocenters. The number of hydrogen-bond donors (Lipinski definition) is 1. The van der Waals surface area contributed by atoms with Crippen LogP contribution in [0.3, 0.4) is 0 Å². The van der Waals surface area contributed by atoms with Gasteiger partial charge in [0.15, 0.2) is 0 Å². The number of allylic oxidation sites excluding steroid dienone is 3. The Morgan fingerprint density at radius 3 is 2.75 bits per heavy atom. The SMILES string of the molecule is C=C1C(C)=C(C)C(c2ccc3c(c2)CCNC3)=CN1C. The van der Waals surface area contributed by atoms with Crippen molar-refractivity contribution in [3.63, 3.8) is 0 Å². The van der Waals surface area contributed by atoms with E-state index in [9.17, 15) is 0 Å². The molecule has 2 aliphatic rings. The van der Waals surface area contributed by atoms with Crippen LogP contribution in [0.5, 0.6) is 0 Å². The van der Waals surface area contributed by atoms with Gasteiger partial charge in [0.2, 0.25) is 0 Å². The van der Waals surface area contributed by atoms with Crippen LogP contribution in [0.25, 0.3) is 5.57 Å². The van der Waals surface area contributed by atoms with Gasteiger partial charge in [0, 0.05) is 31.1 Å². The van der Waals surface area contributed by atoms with Gasteiger partial charge >= 0.3 is 0 Å². The molecule has 0 spiro atoms. The van der Waals surface area contributed by atoms with E-state index in [4.69, 9.17) is 0 Å². The van der Waals surface area contributed by atoms with Crippen LogP contribution in [0, 0.1) is 0 Å². The zero-order valence-electron chi connectivity index (χ0n) is 12.6. The van der Waals surface area contributed by atoms with Gasteiger partial charge < -0.3 is 10.2 Å². The van der Waals surface area contributed by atoms with E-state index in [1.807, 2.05) is 0 Å². The maximum Gasteiger partial charge on any atom is 0.0363 e. The van der Waals surface area contributed by atoms with E-state index >= 15 is 0 Å². The van der Waals surface area contributed by atoms with Crippen LogP contribution in [-0.2, 0) is 13.0 Å². The lowest BCUT2D eigenvalue weighted by Crippen LogP contribution is -2.23. The number of rotatable bonds is 1. The molecule has 0 saturated heterocycles. The molecule has 2 aliphatic heterocycles. The molecule has 0 aliphatic carbocycles. The molecule has 1 aromatic rings. The molecule has 0 fully saturated rings. The molecule has 2 heterocycles. The fourth-order valence-corrected chi connectivity index (χ4v) is 2.99. The summed E-state index contributed by atoms with van der Waals surface area (Å²) < 4.78 is 0. The lowest BCUT2D eigenvalue weighted by atomic mass is 9.89. The fourth-order valence-electron chi connectivity index (χ4n) is 2.99. The molecule has 0 saturated carbocycles. The standard InChI is InChI=1S/C18H22N2/c1-12-13(2)18(11-20(4)14(12)3)16-5-6-17-10-19-8-7-15(17)9-16/h5-6,9,11,19H,3,7-8,10H2,1-2,4H3. The van der Waals surface area contributed by atoms with Gasteiger partial charge in [0.25, 0.3) is 0 Å². The number of nitrogens with zero attached hydrogens (tertiary/aromatic N) is 1. The highest BCUT2D eigenvalue weighted by atomic mass is 15.1. The highest BCUT2D eigenvalue weighted by Gasteiger charge is 2.18. The Hall–Kier alpha value is -1.80. The second-order valence-electron chi connectivity index (χ2n) is 5.76. The van der Waals surface area contributed by atoms with Gasteiger partial charge in [-0.1, -0.05) is 24.8 Å². The molecule has 1 N–H and O–H groups in total. The molecule has 0 atom stereocenters. The molecule has 1 aromatic carbocycles. The van der Waals surface area contributed by atoms with Crippen LogP contribution in [0.4, 0.5) is 0 Å². The van der Waals surface area contributed by atoms with E-state index in [1.54, 1.807) is 0 Å². The molecular weight excluding hydrogens is 244 g/mol. The summed E-state index contributed by atoms with van der Waals surface area (Å²) in [5, 5.41) is 3.42. The normalized spacial score (nSPS) is 19.1. The van der Waals surface area contributed by atoms with Crippen molar-refractivity contribution in [3.05, 3.63) is 64.5 Å². The van der Waals surface area contributed by atoms with E-state index in [1.165, 1.54) is 33.4 Å². The van der Waals surface area contributed by atoms with Crippen LogP contribution in [-0.4, -0.2) is 18.5 Å². The molecule has 2 heteroatoms. The predicted octanol–water partition coefficient (Wildman–Crippen LogP) is 3.47. The smallest absolute Gasteiger partial charge is 0.0363 e. The molecule has 0 radical (unpaired) electrons. The summed E-state index contributed by atoms with van der Waals surface area (Å²) in [7, 11) is 2.07. The first kappa shape index (κ1) is 13.2. The Balaban J connectivity index is 2.05. The second kappa shape index (κ2) is 4.95. The van der Waals surface area contributed by atoms with Crippen LogP contribution in [0.1, 0.15) is 30.5 Å². The number of benzene rings is 1. The first-order chi connectivity index (χ1) is 9.58. The van der Waals surface area contributed by atoms with E-state index < -0.39 is 0 Å². The Bertz CT molecular complexity index is 635. The molecule has 104 valence electrons. The highest BCUT2D eigenvalue weighted by molar-refractivity contribution is 5.82. The van der Waals surface area contributed by atoms with Crippen LogP contribution < -0.4 is 5.32 Å². The summed E-state index contributed by atoms with van der Waals surface area (Å²) in [6, 6.07) is 6.88. The lowest BCUT2D eigenvalue weighted by molar-refractivity contribution is 0.576. The molecule has 2 nitrogen and oxygen atoms in total. The van der Waals surface area contributed by atoms with Gasteiger partial charge in [0.05, 0.1) is 0 Å². The van der Waals surface area contributed by atoms with Crippen molar-refractivity contribution in [1.82, 2.24) is 10.2 Å². The number of hydrogen-bond acceptors (Lipinski definition) is 2. The Morgan fingerprint density at radius 1 is 1.15 bits per heavy atom. The van der Waals surface area contributed by atoms with E-state index in [0.717, 1.165) is 25.2 Å². The summed E-state index contributed by atoms with van der Waals surface area (Å²) in [5.74, 6) is 0. The number of nitrogens with one attached hydrogen (secondary N) is 1. The Kier molecular flexibility index (Phi) is 3.27. The van der Waals surface area contributed by atoms with Crippen molar-refractivity contribution in [2.24, 2.45) is 0 Å². The first-order valence-electron chi connectivity index (χ1n) is 7.22. The monoisotopic (exact) mass is 266 g/mol. The van der Waals surface area contributed by atoms with Crippen LogP contribution >= 0.6 is 0 Å². The summed E-state index contributed by atoms with van der Waals surface area (Å²) >= 11 is 0. The van der Waals surface area contributed by atoms with Crippen LogP contribution in [0.2, 0.25) is 0 Å². The second-order valence-corrected chi connectivity index (χ2v) is 5.76. The van der Waals surface area contributed by atoms with E-state index in [-0.39, 0.29) is 0 Å². The predicted molar refractivity (Wildman–Crippen MR) is 85.1 cm³/mol. The molecule has 3 rings (SSSR count). The van der Waals surface area contributed by atoms with Crippen molar-refractivity contribution in [3.8, 4) is 0 Å². The van der Waals surface area contributed by atoms with Gasteiger partial charge in [-0.25, -0.2) is 0 Å². The maximum atomic E-state index is 4.14. The average Bonchev–Trinajstić information content (AvgIpc) is 2.48. The van der Waals surface area contributed by atoms with E-state index in [2.05, 4.69) is 62.1 Å². The quantitative estimate of drug-likeness (QED) is 0.837. The van der Waals surface area contributed by atoms with E-state index in [0.29, 0.717) is 0 Å². The highest BCUT2D eigenvalue weighted by Crippen LogP contribution is 2.34. The Labute approximate surface area is 121 Å². The van der Waals surface area contributed by atoms with Gasteiger partial charge in [-0.05, 0) is 54.6 Å². The third kappa shape index (κ3) is 2.10. The summed E-state index contributed by atoms with van der Waals surface area (Å²) in [4.78, 5) is 2.12. The van der Waals surface area contributed by atoms with Gasteiger partial charge in [-0.3, -0.25) is 0 Å². The summed E-state index contributed by atoms with van der Waals surface area (Å²) in [5.41, 5.74) is 9.27. The van der Waals surface area contributed by atoms with Crippen molar-refractivity contribution in [2.75, 3.05) is 13.6 Å².